The highest BCUT2D eigenvalue weighted by molar-refractivity contribution is 6.31. The van der Waals surface area contributed by atoms with Crippen molar-refractivity contribution < 1.29 is 0 Å². The molecule has 66 valence electrons. The summed E-state index contributed by atoms with van der Waals surface area (Å²) in [5, 5.41) is 0.824. The van der Waals surface area contributed by atoms with Crippen molar-refractivity contribution in [3.05, 3.63) is 34.3 Å². The first-order chi connectivity index (χ1) is 5.74. The summed E-state index contributed by atoms with van der Waals surface area (Å²) in [6.07, 6.45) is 0.913. The van der Waals surface area contributed by atoms with Crippen LogP contribution in [0, 0.1) is 6.92 Å². The largest absolute Gasteiger partial charge is 0.271 e. The van der Waals surface area contributed by atoms with Crippen LogP contribution in [-0.4, -0.2) is 6.54 Å². The molecule has 1 aromatic carbocycles. The van der Waals surface area contributed by atoms with E-state index in [2.05, 4.69) is 11.5 Å². The van der Waals surface area contributed by atoms with Crippen LogP contribution in [0.4, 0.5) is 0 Å². The van der Waals surface area contributed by atoms with Gasteiger partial charge in [-0.25, -0.2) is 0 Å². The second-order valence-corrected chi connectivity index (χ2v) is 3.19. The van der Waals surface area contributed by atoms with Crippen LogP contribution in [-0.2, 0) is 6.42 Å². The molecule has 0 heterocycles. The predicted octanol–water partition coefficient (Wildman–Crippen LogP) is 1.65. The molecule has 0 aromatic heterocycles. The van der Waals surface area contributed by atoms with Gasteiger partial charge in [-0.3, -0.25) is 11.3 Å². The molecule has 0 saturated heterocycles. The molecule has 0 unspecified atom stereocenters. The van der Waals surface area contributed by atoms with Crippen LogP contribution in [0.3, 0.4) is 0 Å². The van der Waals surface area contributed by atoms with Gasteiger partial charge in [-0.05, 0) is 30.5 Å². The summed E-state index contributed by atoms with van der Waals surface area (Å²) in [4.78, 5) is 0. The van der Waals surface area contributed by atoms with E-state index in [0.717, 1.165) is 23.6 Å². The Morgan fingerprint density at radius 1 is 1.50 bits per heavy atom. The summed E-state index contributed by atoms with van der Waals surface area (Å²) in [6.45, 7) is 2.77. The molecule has 1 rings (SSSR count). The van der Waals surface area contributed by atoms with E-state index >= 15 is 0 Å². The van der Waals surface area contributed by atoms with Gasteiger partial charge >= 0.3 is 0 Å². The highest BCUT2D eigenvalue weighted by Crippen LogP contribution is 2.16. The summed E-state index contributed by atoms with van der Waals surface area (Å²) in [6, 6.07) is 6.07. The quantitative estimate of drug-likeness (QED) is 0.554. The minimum absolute atomic E-state index is 0.777. The van der Waals surface area contributed by atoms with Gasteiger partial charge in [0.1, 0.15) is 0 Å². The Balaban J connectivity index is 2.69. The molecule has 0 saturated carbocycles. The van der Waals surface area contributed by atoms with E-state index in [-0.39, 0.29) is 0 Å². The number of nitrogens with one attached hydrogen (secondary N) is 1. The fraction of sp³-hybridized carbons (Fsp3) is 0.333. The molecule has 0 radical (unpaired) electrons. The minimum Gasteiger partial charge on any atom is -0.271 e. The second-order valence-electron chi connectivity index (χ2n) is 2.79. The topological polar surface area (TPSA) is 38.0 Å². The van der Waals surface area contributed by atoms with E-state index < -0.39 is 0 Å². The van der Waals surface area contributed by atoms with Crippen molar-refractivity contribution in [1.82, 2.24) is 5.43 Å². The van der Waals surface area contributed by atoms with E-state index in [1.165, 1.54) is 5.56 Å². The van der Waals surface area contributed by atoms with Crippen LogP contribution < -0.4 is 11.3 Å². The molecular formula is C9H13ClN2. The summed E-state index contributed by atoms with van der Waals surface area (Å²) < 4.78 is 0. The van der Waals surface area contributed by atoms with Crippen LogP contribution in [0.5, 0.6) is 0 Å². The summed E-state index contributed by atoms with van der Waals surface area (Å²) in [5.41, 5.74) is 4.93. The van der Waals surface area contributed by atoms with Gasteiger partial charge in [0.05, 0.1) is 0 Å². The lowest BCUT2D eigenvalue weighted by Crippen LogP contribution is -2.24. The van der Waals surface area contributed by atoms with Crippen molar-refractivity contribution in [1.29, 1.82) is 0 Å². The lowest BCUT2D eigenvalue weighted by atomic mass is 10.1. The molecule has 0 atom stereocenters. The van der Waals surface area contributed by atoms with E-state index in [4.69, 9.17) is 17.4 Å². The number of hydrogen-bond acceptors (Lipinski definition) is 2. The zero-order valence-electron chi connectivity index (χ0n) is 7.10. The molecule has 0 amide bonds. The van der Waals surface area contributed by atoms with Gasteiger partial charge in [0.25, 0.3) is 0 Å². The second kappa shape index (κ2) is 4.45. The van der Waals surface area contributed by atoms with Crippen molar-refractivity contribution in [2.24, 2.45) is 5.84 Å². The third kappa shape index (κ3) is 2.48. The molecule has 12 heavy (non-hydrogen) atoms. The van der Waals surface area contributed by atoms with Crippen molar-refractivity contribution in [2.45, 2.75) is 13.3 Å². The highest BCUT2D eigenvalue weighted by atomic mass is 35.5. The van der Waals surface area contributed by atoms with E-state index in [0.29, 0.717) is 0 Å². The standard InChI is InChI=1S/C9H13ClN2/c1-7-2-3-8(4-5-12-11)6-9(7)10/h2-3,6,12H,4-5,11H2,1H3. The highest BCUT2D eigenvalue weighted by Gasteiger charge is 1.96. The Labute approximate surface area is 77.7 Å². The normalized spacial score (nSPS) is 10.2. The number of hydrazine groups is 1. The summed E-state index contributed by atoms with van der Waals surface area (Å²) in [5.74, 6) is 5.16. The average molecular weight is 185 g/mol. The number of benzene rings is 1. The molecule has 0 aliphatic carbocycles. The Morgan fingerprint density at radius 3 is 2.83 bits per heavy atom. The fourth-order valence-electron chi connectivity index (χ4n) is 1.01. The first kappa shape index (κ1) is 9.52. The maximum atomic E-state index is 5.94. The zero-order chi connectivity index (χ0) is 8.97. The van der Waals surface area contributed by atoms with Crippen molar-refractivity contribution in [3.63, 3.8) is 0 Å². The molecule has 0 bridgehead atoms. The maximum Gasteiger partial charge on any atom is 0.0437 e. The zero-order valence-corrected chi connectivity index (χ0v) is 7.86. The molecule has 3 N–H and O–H groups in total. The molecule has 1 aromatic rings. The van der Waals surface area contributed by atoms with Gasteiger partial charge in [0, 0.05) is 11.6 Å². The number of rotatable bonds is 3. The van der Waals surface area contributed by atoms with Gasteiger partial charge < -0.3 is 0 Å². The number of aryl methyl sites for hydroxylation is 1. The van der Waals surface area contributed by atoms with Gasteiger partial charge in [-0.1, -0.05) is 23.7 Å². The minimum atomic E-state index is 0.777. The van der Waals surface area contributed by atoms with Crippen molar-refractivity contribution in [3.8, 4) is 0 Å². The number of hydrogen-bond donors (Lipinski definition) is 2. The molecule has 3 heteroatoms. The molecule has 0 fully saturated rings. The summed E-state index contributed by atoms with van der Waals surface area (Å²) >= 11 is 5.94. The molecule has 0 spiro atoms. The van der Waals surface area contributed by atoms with Crippen LogP contribution >= 0.6 is 11.6 Å². The lowest BCUT2D eigenvalue weighted by molar-refractivity contribution is 0.728. The Hall–Kier alpha value is -0.570. The van der Waals surface area contributed by atoms with E-state index in [1.807, 2.05) is 19.1 Å². The first-order valence-electron chi connectivity index (χ1n) is 3.92. The fourth-order valence-corrected chi connectivity index (χ4v) is 1.21. The first-order valence-corrected chi connectivity index (χ1v) is 4.30. The maximum absolute atomic E-state index is 5.94. The van der Waals surface area contributed by atoms with Crippen LogP contribution in [0.1, 0.15) is 11.1 Å². The Kier molecular flexibility index (Phi) is 3.53. The van der Waals surface area contributed by atoms with Crippen LogP contribution in [0.15, 0.2) is 18.2 Å². The Bertz CT molecular complexity index is 261. The molecule has 0 aliphatic rings. The van der Waals surface area contributed by atoms with Crippen LogP contribution in [0.2, 0.25) is 5.02 Å². The lowest BCUT2D eigenvalue weighted by Gasteiger charge is -2.02. The molecular weight excluding hydrogens is 172 g/mol. The predicted molar refractivity (Wildman–Crippen MR) is 52.1 cm³/mol. The van der Waals surface area contributed by atoms with Gasteiger partial charge in [0.2, 0.25) is 0 Å². The summed E-state index contributed by atoms with van der Waals surface area (Å²) in [7, 11) is 0. The van der Waals surface area contributed by atoms with Crippen molar-refractivity contribution >= 4 is 11.6 Å². The van der Waals surface area contributed by atoms with E-state index in [9.17, 15) is 0 Å². The van der Waals surface area contributed by atoms with Gasteiger partial charge in [-0.2, -0.15) is 0 Å². The number of nitrogens with two attached hydrogens (primary N) is 1. The number of halogens is 1. The third-order valence-electron chi connectivity index (χ3n) is 1.79. The van der Waals surface area contributed by atoms with Crippen LogP contribution in [0.25, 0.3) is 0 Å². The Morgan fingerprint density at radius 2 is 2.25 bits per heavy atom. The molecule has 2 nitrogen and oxygen atoms in total. The third-order valence-corrected chi connectivity index (χ3v) is 2.20. The van der Waals surface area contributed by atoms with Gasteiger partial charge in [-0.15, -0.1) is 0 Å². The van der Waals surface area contributed by atoms with Gasteiger partial charge in [0.15, 0.2) is 0 Å². The van der Waals surface area contributed by atoms with Crippen molar-refractivity contribution in [2.75, 3.05) is 6.54 Å². The van der Waals surface area contributed by atoms with E-state index in [1.54, 1.807) is 0 Å². The smallest absolute Gasteiger partial charge is 0.0437 e. The molecule has 0 aliphatic heterocycles. The average Bonchev–Trinajstić information content (AvgIpc) is 2.07. The monoisotopic (exact) mass is 184 g/mol. The SMILES string of the molecule is Cc1ccc(CCNN)cc1Cl.